The highest BCUT2D eigenvalue weighted by Crippen LogP contribution is 2.24. The first-order chi connectivity index (χ1) is 8.21. The number of carbonyl (C=O) groups excluding carboxylic acids is 2. The van der Waals surface area contributed by atoms with Crippen LogP contribution < -0.4 is 0 Å². The molecule has 0 saturated heterocycles. The first-order valence-corrected chi connectivity index (χ1v) is 5.65. The Morgan fingerprint density at radius 1 is 1.33 bits per heavy atom. The summed E-state index contributed by atoms with van der Waals surface area (Å²) < 4.78 is 0. The Morgan fingerprint density at radius 2 is 1.83 bits per heavy atom. The molecule has 1 aliphatic rings. The quantitative estimate of drug-likeness (QED) is 0.591. The summed E-state index contributed by atoms with van der Waals surface area (Å²) in [6.07, 6.45) is 4.26. The second kappa shape index (κ2) is 5.16. The maximum Gasteiger partial charge on any atom is 0.304 e. The van der Waals surface area contributed by atoms with Gasteiger partial charge in [0.15, 0.2) is 0 Å². The molecular formula is C13H17NO4. The lowest BCUT2D eigenvalue weighted by Crippen LogP contribution is -2.31. The zero-order valence-electron chi connectivity index (χ0n) is 10.8. The van der Waals surface area contributed by atoms with Gasteiger partial charge in [0.05, 0.1) is 6.42 Å². The van der Waals surface area contributed by atoms with Crippen molar-refractivity contribution in [3.8, 4) is 0 Å². The molecule has 5 heteroatoms. The van der Waals surface area contributed by atoms with Gasteiger partial charge in [-0.05, 0) is 12.3 Å². The van der Waals surface area contributed by atoms with Gasteiger partial charge in [0.25, 0.3) is 11.8 Å². The predicted molar refractivity (Wildman–Crippen MR) is 65.7 cm³/mol. The van der Waals surface area contributed by atoms with E-state index in [0.717, 1.165) is 10.5 Å². The third-order valence-electron chi connectivity index (χ3n) is 2.55. The fourth-order valence-corrected chi connectivity index (χ4v) is 1.99. The lowest BCUT2D eigenvalue weighted by atomic mass is 9.87. The highest BCUT2D eigenvalue weighted by molar-refractivity contribution is 6.13. The SMILES string of the molecule is C/C(=C\C(C)(C)CC(=O)O)CN1C(=O)C=CC1=O. The molecule has 1 aliphatic heterocycles. The van der Waals surface area contributed by atoms with Crippen molar-refractivity contribution in [3.63, 3.8) is 0 Å². The number of hydrogen-bond acceptors (Lipinski definition) is 3. The summed E-state index contributed by atoms with van der Waals surface area (Å²) in [6, 6.07) is 0. The van der Waals surface area contributed by atoms with Crippen LogP contribution in [0.3, 0.4) is 0 Å². The topological polar surface area (TPSA) is 74.7 Å². The molecule has 18 heavy (non-hydrogen) atoms. The van der Waals surface area contributed by atoms with Crippen LogP contribution in [0.25, 0.3) is 0 Å². The van der Waals surface area contributed by atoms with Crippen molar-refractivity contribution in [1.82, 2.24) is 4.90 Å². The Bertz CT molecular complexity index is 428. The number of amides is 2. The number of allylic oxidation sites excluding steroid dienone is 1. The van der Waals surface area contributed by atoms with Crippen LogP contribution in [0.2, 0.25) is 0 Å². The summed E-state index contributed by atoms with van der Waals surface area (Å²) in [7, 11) is 0. The number of carboxylic acid groups (broad SMARTS) is 1. The van der Waals surface area contributed by atoms with Gasteiger partial charge in [-0.25, -0.2) is 0 Å². The Morgan fingerprint density at radius 3 is 2.28 bits per heavy atom. The molecule has 0 aliphatic carbocycles. The van der Waals surface area contributed by atoms with Gasteiger partial charge in [0.1, 0.15) is 0 Å². The molecule has 0 aromatic carbocycles. The van der Waals surface area contributed by atoms with Crippen molar-refractivity contribution >= 4 is 17.8 Å². The third-order valence-corrected chi connectivity index (χ3v) is 2.55. The molecule has 2 amide bonds. The lowest BCUT2D eigenvalue weighted by molar-refractivity contribution is -0.139. The Balaban J connectivity index is 2.70. The number of aliphatic carboxylic acids is 1. The van der Waals surface area contributed by atoms with E-state index in [0.29, 0.717) is 0 Å². The van der Waals surface area contributed by atoms with Crippen molar-refractivity contribution in [3.05, 3.63) is 23.8 Å². The van der Waals surface area contributed by atoms with Crippen LogP contribution in [0, 0.1) is 5.41 Å². The van der Waals surface area contributed by atoms with Crippen LogP contribution >= 0.6 is 0 Å². The normalized spacial score (nSPS) is 16.6. The van der Waals surface area contributed by atoms with E-state index in [1.54, 1.807) is 26.8 Å². The summed E-state index contributed by atoms with van der Waals surface area (Å²) >= 11 is 0. The molecule has 0 fully saturated rings. The van der Waals surface area contributed by atoms with Crippen LogP contribution in [-0.4, -0.2) is 34.3 Å². The van der Waals surface area contributed by atoms with Gasteiger partial charge in [0, 0.05) is 18.7 Å². The minimum Gasteiger partial charge on any atom is -0.481 e. The van der Waals surface area contributed by atoms with Crippen molar-refractivity contribution in [2.24, 2.45) is 5.41 Å². The highest BCUT2D eigenvalue weighted by atomic mass is 16.4. The summed E-state index contributed by atoms with van der Waals surface area (Å²) in [6.45, 7) is 5.59. The van der Waals surface area contributed by atoms with Gasteiger partial charge in [-0.1, -0.05) is 25.5 Å². The van der Waals surface area contributed by atoms with Gasteiger partial charge in [-0.3, -0.25) is 19.3 Å². The molecule has 0 bridgehead atoms. The van der Waals surface area contributed by atoms with Gasteiger partial charge in [-0.15, -0.1) is 0 Å². The molecule has 0 aromatic rings. The standard InChI is InChI=1S/C13H17NO4/c1-9(6-13(2,3)7-12(17)18)8-14-10(15)4-5-11(14)16/h4-6H,7-8H2,1-3H3,(H,17,18)/b9-6+. The molecule has 0 saturated carbocycles. The molecule has 0 radical (unpaired) electrons. The molecule has 0 aromatic heterocycles. The lowest BCUT2D eigenvalue weighted by Gasteiger charge is -2.21. The summed E-state index contributed by atoms with van der Waals surface area (Å²) in [5.74, 6) is -1.54. The Kier molecular flexibility index (Phi) is 4.06. The van der Waals surface area contributed by atoms with E-state index in [-0.39, 0.29) is 24.8 Å². The first-order valence-electron chi connectivity index (χ1n) is 5.65. The predicted octanol–water partition coefficient (Wildman–Crippen LogP) is 1.36. The maximum absolute atomic E-state index is 11.4. The van der Waals surface area contributed by atoms with Crippen LogP contribution in [-0.2, 0) is 14.4 Å². The molecule has 1 heterocycles. The molecule has 98 valence electrons. The number of nitrogens with zero attached hydrogens (tertiary/aromatic N) is 1. The second-order valence-corrected chi connectivity index (χ2v) is 5.15. The van der Waals surface area contributed by atoms with E-state index in [9.17, 15) is 14.4 Å². The zero-order valence-corrected chi connectivity index (χ0v) is 10.8. The minimum atomic E-state index is -0.876. The maximum atomic E-state index is 11.4. The van der Waals surface area contributed by atoms with E-state index in [4.69, 9.17) is 5.11 Å². The fourth-order valence-electron chi connectivity index (χ4n) is 1.99. The molecule has 1 N–H and O–H groups in total. The van der Waals surface area contributed by atoms with Gasteiger partial charge in [0.2, 0.25) is 0 Å². The first kappa shape index (κ1) is 14.2. The Hall–Kier alpha value is -1.91. The minimum absolute atomic E-state index is 0.00445. The van der Waals surface area contributed by atoms with E-state index < -0.39 is 11.4 Å². The number of rotatable bonds is 5. The van der Waals surface area contributed by atoms with E-state index in [1.165, 1.54) is 12.2 Å². The third kappa shape index (κ3) is 3.84. The largest absolute Gasteiger partial charge is 0.481 e. The van der Waals surface area contributed by atoms with Gasteiger partial charge >= 0.3 is 5.97 Å². The monoisotopic (exact) mass is 251 g/mol. The summed E-state index contributed by atoms with van der Waals surface area (Å²) in [4.78, 5) is 34.5. The number of carbonyl (C=O) groups is 3. The van der Waals surface area contributed by atoms with Crippen molar-refractivity contribution in [1.29, 1.82) is 0 Å². The van der Waals surface area contributed by atoms with E-state index >= 15 is 0 Å². The molecule has 1 rings (SSSR count). The smallest absolute Gasteiger partial charge is 0.304 e. The molecular weight excluding hydrogens is 234 g/mol. The summed E-state index contributed by atoms with van der Waals surface area (Å²) in [5.41, 5.74) is 0.293. The molecule has 0 unspecified atom stereocenters. The number of carboxylic acids is 1. The molecule has 5 nitrogen and oxygen atoms in total. The number of imide groups is 1. The van der Waals surface area contributed by atoms with E-state index in [2.05, 4.69) is 0 Å². The zero-order chi connectivity index (χ0) is 13.9. The van der Waals surface area contributed by atoms with Crippen LogP contribution in [0.4, 0.5) is 0 Å². The average Bonchev–Trinajstić information content (AvgIpc) is 2.46. The summed E-state index contributed by atoms with van der Waals surface area (Å²) in [5, 5.41) is 8.77. The second-order valence-electron chi connectivity index (χ2n) is 5.15. The Labute approximate surface area is 106 Å². The number of hydrogen-bond donors (Lipinski definition) is 1. The van der Waals surface area contributed by atoms with Gasteiger partial charge in [-0.2, -0.15) is 0 Å². The highest BCUT2D eigenvalue weighted by Gasteiger charge is 2.24. The van der Waals surface area contributed by atoms with E-state index in [1.807, 2.05) is 0 Å². The van der Waals surface area contributed by atoms with Crippen LogP contribution in [0.5, 0.6) is 0 Å². The molecule has 0 spiro atoms. The van der Waals surface area contributed by atoms with Crippen molar-refractivity contribution < 1.29 is 19.5 Å². The average molecular weight is 251 g/mol. The van der Waals surface area contributed by atoms with Crippen molar-refractivity contribution in [2.45, 2.75) is 27.2 Å². The van der Waals surface area contributed by atoms with Gasteiger partial charge < -0.3 is 5.11 Å². The fraction of sp³-hybridized carbons (Fsp3) is 0.462. The van der Waals surface area contributed by atoms with Crippen LogP contribution in [0.1, 0.15) is 27.2 Å². The molecule has 0 atom stereocenters. The van der Waals surface area contributed by atoms with Crippen molar-refractivity contribution in [2.75, 3.05) is 6.54 Å². The van der Waals surface area contributed by atoms with Crippen LogP contribution in [0.15, 0.2) is 23.8 Å².